The minimum absolute atomic E-state index is 0.341. The summed E-state index contributed by atoms with van der Waals surface area (Å²) in [5.74, 6) is 1.77. The monoisotopic (exact) mass is 415 g/mol. The number of aromatic nitrogens is 4. The summed E-state index contributed by atoms with van der Waals surface area (Å²) in [4.78, 5) is 32.5. The number of nitrogens with zero attached hydrogens (tertiary/aromatic N) is 5. The van der Waals surface area contributed by atoms with Gasteiger partial charge in [-0.3, -0.25) is 18.5 Å². The van der Waals surface area contributed by atoms with Crippen LogP contribution in [-0.4, -0.2) is 31.8 Å². The second-order valence-corrected chi connectivity index (χ2v) is 8.73. The van der Waals surface area contributed by atoms with Crippen LogP contribution in [0, 0.1) is 11.8 Å². The van der Waals surface area contributed by atoms with Gasteiger partial charge in [-0.1, -0.05) is 43.6 Å². The first kappa shape index (κ1) is 19.8. The average molecular weight is 416 g/mol. The quantitative estimate of drug-likeness (QED) is 0.659. The Labute approximate surface area is 174 Å². The van der Waals surface area contributed by atoms with Crippen LogP contribution in [0.25, 0.3) is 11.2 Å². The Balaban J connectivity index is 1.98. The van der Waals surface area contributed by atoms with Crippen molar-refractivity contribution in [1.29, 1.82) is 0 Å². The topological polar surface area (TPSA) is 65.1 Å². The zero-order chi connectivity index (χ0) is 20.9. The normalized spacial score (nSPS) is 19.8. The number of benzene rings is 1. The van der Waals surface area contributed by atoms with E-state index >= 15 is 0 Å². The first-order chi connectivity index (χ1) is 13.8. The second kappa shape index (κ2) is 7.37. The predicted molar refractivity (Wildman–Crippen MR) is 116 cm³/mol. The van der Waals surface area contributed by atoms with Gasteiger partial charge in [-0.25, -0.2) is 4.79 Å². The van der Waals surface area contributed by atoms with Crippen LogP contribution in [0.1, 0.15) is 25.8 Å². The Hall–Kier alpha value is -2.54. The lowest BCUT2D eigenvalue weighted by Gasteiger charge is -2.35. The molecular weight excluding hydrogens is 390 g/mol. The molecule has 0 bridgehead atoms. The van der Waals surface area contributed by atoms with Crippen molar-refractivity contribution in [3.8, 4) is 0 Å². The van der Waals surface area contributed by atoms with Crippen LogP contribution in [0.5, 0.6) is 0 Å². The van der Waals surface area contributed by atoms with Gasteiger partial charge in [-0.2, -0.15) is 4.98 Å². The maximum Gasteiger partial charge on any atom is 0.332 e. The highest BCUT2D eigenvalue weighted by Gasteiger charge is 2.28. The molecule has 1 fully saturated rings. The van der Waals surface area contributed by atoms with Crippen LogP contribution in [-0.2, 0) is 20.6 Å². The molecule has 0 spiro atoms. The van der Waals surface area contributed by atoms with E-state index in [1.807, 2.05) is 28.8 Å². The number of fused-ring (bicyclic) bond motifs is 1. The van der Waals surface area contributed by atoms with Crippen LogP contribution in [0.2, 0.25) is 5.02 Å². The van der Waals surface area contributed by atoms with Crippen LogP contribution >= 0.6 is 11.6 Å². The van der Waals surface area contributed by atoms with Crippen molar-refractivity contribution in [2.45, 2.75) is 26.8 Å². The highest BCUT2D eigenvalue weighted by molar-refractivity contribution is 6.31. The minimum atomic E-state index is -0.378. The van der Waals surface area contributed by atoms with E-state index in [9.17, 15) is 9.59 Å². The van der Waals surface area contributed by atoms with Crippen molar-refractivity contribution in [2.75, 3.05) is 18.0 Å². The Morgan fingerprint density at radius 1 is 1.07 bits per heavy atom. The van der Waals surface area contributed by atoms with Crippen molar-refractivity contribution in [3.63, 3.8) is 0 Å². The van der Waals surface area contributed by atoms with E-state index in [1.54, 1.807) is 7.05 Å². The van der Waals surface area contributed by atoms with Crippen LogP contribution < -0.4 is 16.1 Å². The molecule has 4 rings (SSSR count). The number of rotatable bonds is 3. The van der Waals surface area contributed by atoms with Gasteiger partial charge >= 0.3 is 5.69 Å². The molecule has 1 aliphatic rings. The largest absolute Gasteiger partial charge is 0.342 e. The van der Waals surface area contributed by atoms with Gasteiger partial charge in [-0.15, -0.1) is 0 Å². The number of anilines is 1. The van der Waals surface area contributed by atoms with Crippen LogP contribution in [0.4, 0.5) is 5.95 Å². The molecule has 2 aromatic heterocycles. The van der Waals surface area contributed by atoms with E-state index in [4.69, 9.17) is 16.6 Å². The molecule has 0 N–H and O–H groups in total. The van der Waals surface area contributed by atoms with Gasteiger partial charge in [0.15, 0.2) is 11.2 Å². The maximum atomic E-state index is 13.1. The first-order valence-electron chi connectivity index (χ1n) is 9.92. The summed E-state index contributed by atoms with van der Waals surface area (Å²) in [5, 5.41) is 0.641. The molecule has 8 heteroatoms. The summed E-state index contributed by atoms with van der Waals surface area (Å²) >= 11 is 6.42. The zero-order valence-corrected chi connectivity index (χ0v) is 18.0. The number of hydrogen-bond donors (Lipinski definition) is 0. The van der Waals surface area contributed by atoms with Crippen molar-refractivity contribution in [3.05, 3.63) is 55.7 Å². The molecule has 1 aliphatic heterocycles. The molecule has 29 heavy (non-hydrogen) atoms. The molecule has 3 heterocycles. The Bertz CT molecular complexity index is 1180. The van der Waals surface area contributed by atoms with Gasteiger partial charge in [0.25, 0.3) is 5.56 Å². The minimum Gasteiger partial charge on any atom is -0.342 e. The summed E-state index contributed by atoms with van der Waals surface area (Å²) in [6.45, 7) is 6.62. The highest BCUT2D eigenvalue weighted by atomic mass is 35.5. The summed E-state index contributed by atoms with van der Waals surface area (Å²) in [5.41, 5.74) is 1.02. The Morgan fingerprint density at radius 3 is 2.38 bits per heavy atom. The lowest BCUT2D eigenvalue weighted by Crippen LogP contribution is -2.40. The molecule has 2 atom stereocenters. The molecule has 154 valence electrons. The predicted octanol–water partition coefficient (Wildman–Crippen LogP) is 2.62. The van der Waals surface area contributed by atoms with Crippen molar-refractivity contribution in [1.82, 2.24) is 18.7 Å². The number of hydrogen-bond acceptors (Lipinski definition) is 4. The van der Waals surface area contributed by atoms with Crippen molar-refractivity contribution < 1.29 is 0 Å². The Morgan fingerprint density at radius 2 is 1.72 bits per heavy atom. The summed E-state index contributed by atoms with van der Waals surface area (Å²) < 4.78 is 4.50. The van der Waals surface area contributed by atoms with Gasteiger partial charge in [0.1, 0.15) is 0 Å². The first-order valence-corrected chi connectivity index (χ1v) is 10.3. The smallest absolute Gasteiger partial charge is 0.332 e. The molecule has 1 aromatic carbocycles. The van der Waals surface area contributed by atoms with E-state index in [0.717, 1.165) is 29.2 Å². The van der Waals surface area contributed by atoms with E-state index in [-0.39, 0.29) is 11.2 Å². The summed E-state index contributed by atoms with van der Waals surface area (Å²) in [6, 6.07) is 7.61. The SMILES string of the molecule is C[C@@H]1C[C@H](C)CN(c2nc3c(c(=O)n(C)c(=O)n3C)n2Cc2ccccc2Cl)C1. The van der Waals surface area contributed by atoms with Crippen LogP contribution in [0.15, 0.2) is 33.9 Å². The number of piperidine rings is 1. The van der Waals surface area contributed by atoms with Gasteiger partial charge < -0.3 is 4.90 Å². The molecule has 7 nitrogen and oxygen atoms in total. The lowest BCUT2D eigenvalue weighted by molar-refractivity contribution is 0.352. The molecule has 0 aliphatic carbocycles. The average Bonchev–Trinajstić information content (AvgIpc) is 3.05. The van der Waals surface area contributed by atoms with Gasteiger partial charge in [-0.05, 0) is 29.9 Å². The van der Waals surface area contributed by atoms with Gasteiger partial charge in [0.2, 0.25) is 5.95 Å². The molecule has 3 aromatic rings. The van der Waals surface area contributed by atoms with E-state index < -0.39 is 0 Å². The second-order valence-electron chi connectivity index (χ2n) is 8.32. The Kier molecular flexibility index (Phi) is 5.02. The number of aryl methyl sites for hydroxylation is 1. The zero-order valence-electron chi connectivity index (χ0n) is 17.2. The van der Waals surface area contributed by atoms with Gasteiger partial charge in [0.05, 0.1) is 6.54 Å². The molecule has 0 amide bonds. The van der Waals surface area contributed by atoms with Crippen molar-refractivity contribution in [2.24, 2.45) is 25.9 Å². The molecule has 1 saturated heterocycles. The lowest BCUT2D eigenvalue weighted by atomic mass is 9.92. The molecule has 0 saturated carbocycles. The fraction of sp³-hybridized carbons (Fsp3) is 0.476. The van der Waals surface area contributed by atoms with Crippen LogP contribution in [0.3, 0.4) is 0 Å². The van der Waals surface area contributed by atoms with E-state index in [0.29, 0.717) is 34.6 Å². The maximum absolute atomic E-state index is 13.1. The van der Waals surface area contributed by atoms with Crippen molar-refractivity contribution >= 4 is 28.7 Å². The fourth-order valence-electron chi connectivity index (χ4n) is 4.45. The highest BCUT2D eigenvalue weighted by Crippen LogP contribution is 2.29. The third-order valence-corrected chi connectivity index (χ3v) is 6.13. The number of halogens is 1. The molecule has 0 radical (unpaired) electrons. The molecule has 0 unspecified atom stereocenters. The fourth-order valence-corrected chi connectivity index (χ4v) is 4.64. The summed E-state index contributed by atoms with van der Waals surface area (Å²) in [7, 11) is 3.16. The molecular formula is C21H26ClN5O2. The summed E-state index contributed by atoms with van der Waals surface area (Å²) in [6.07, 6.45) is 1.17. The standard InChI is InChI=1S/C21H26ClN5O2/c1-13-9-14(2)11-26(10-13)20-23-18-17(19(28)25(4)21(29)24(18)3)27(20)12-15-7-5-6-8-16(15)22/h5-8,13-14H,9-12H2,1-4H3/t13-,14+. The van der Waals surface area contributed by atoms with E-state index in [2.05, 4.69) is 18.7 Å². The third kappa shape index (κ3) is 3.37. The van der Waals surface area contributed by atoms with E-state index in [1.165, 1.54) is 18.0 Å². The third-order valence-electron chi connectivity index (χ3n) is 5.77. The van der Waals surface area contributed by atoms with Gasteiger partial charge in [0, 0.05) is 32.2 Å². The number of imidazole rings is 1.